The molecule has 0 spiro atoms. The maximum atomic E-state index is 11.7. The van der Waals surface area contributed by atoms with Crippen molar-refractivity contribution in [1.82, 2.24) is 14.8 Å². The second-order valence-electron chi connectivity index (χ2n) is 7.98. The summed E-state index contributed by atoms with van der Waals surface area (Å²) in [6, 6.07) is 3.75. The van der Waals surface area contributed by atoms with Crippen LogP contribution in [0.25, 0.3) is 0 Å². The third-order valence-electron chi connectivity index (χ3n) is 6.61. The van der Waals surface area contributed by atoms with Gasteiger partial charge in [-0.2, -0.15) is 0 Å². The predicted octanol–water partition coefficient (Wildman–Crippen LogP) is 1.21. The molecule has 2 unspecified atom stereocenters. The Balaban J connectivity index is 1.54. The molecular weight excluding hydrogens is 360 g/mol. The van der Waals surface area contributed by atoms with Crippen molar-refractivity contribution in [2.75, 3.05) is 46.4 Å². The van der Waals surface area contributed by atoms with Gasteiger partial charge in [0.2, 0.25) is 0 Å². The van der Waals surface area contributed by atoms with Crippen LogP contribution < -0.4 is 5.73 Å². The third-order valence-corrected chi connectivity index (χ3v) is 6.61. The number of pyridine rings is 1. The van der Waals surface area contributed by atoms with E-state index in [1.165, 1.54) is 6.42 Å². The average Bonchev–Trinajstić information content (AvgIpc) is 3.10. The lowest BCUT2D eigenvalue weighted by Crippen LogP contribution is -2.59. The summed E-state index contributed by atoms with van der Waals surface area (Å²) in [5, 5.41) is 0. The van der Waals surface area contributed by atoms with Crippen molar-refractivity contribution in [3.63, 3.8) is 0 Å². The van der Waals surface area contributed by atoms with Gasteiger partial charge in [-0.3, -0.25) is 9.78 Å². The van der Waals surface area contributed by atoms with Gasteiger partial charge in [0, 0.05) is 51.3 Å². The average molecular weight is 388 g/mol. The monoisotopic (exact) mass is 388 g/mol. The van der Waals surface area contributed by atoms with Crippen LogP contribution in [0.5, 0.6) is 0 Å². The van der Waals surface area contributed by atoms with Gasteiger partial charge in [-0.05, 0) is 30.5 Å². The van der Waals surface area contributed by atoms with E-state index in [0.717, 1.165) is 38.0 Å². The molecule has 3 heterocycles. The Kier molecular flexibility index (Phi) is 5.25. The summed E-state index contributed by atoms with van der Waals surface area (Å²) >= 11 is 0. The molecule has 152 valence electrons. The van der Waals surface area contributed by atoms with Gasteiger partial charge in [0.25, 0.3) is 5.91 Å². The maximum Gasteiger partial charge on any atom is 0.409 e. The highest BCUT2D eigenvalue weighted by molar-refractivity contribution is 5.90. The van der Waals surface area contributed by atoms with Crippen molar-refractivity contribution < 1.29 is 19.1 Å². The summed E-state index contributed by atoms with van der Waals surface area (Å²) in [5.74, 6) is 0.116. The van der Waals surface area contributed by atoms with Crippen LogP contribution in [0.1, 0.15) is 35.3 Å². The molecule has 8 heteroatoms. The Labute approximate surface area is 165 Å². The molecule has 3 aliphatic rings. The number of rotatable bonds is 6. The number of carbonyl (C=O) groups is 2. The van der Waals surface area contributed by atoms with E-state index in [4.69, 9.17) is 15.2 Å². The van der Waals surface area contributed by atoms with Gasteiger partial charge in [0.1, 0.15) is 17.9 Å². The quantitative estimate of drug-likeness (QED) is 0.787. The van der Waals surface area contributed by atoms with Crippen LogP contribution in [0.4, 0.5) is 4.79 Å². The molecule has 1 aromatic heterocycles. The number of likely N-dealkylation sites (tertiary alicyclic amines) is 1. The van der Waals surface area contributed by atoms with Gasteiger partial charge < -0.3 is 25.0 Å². The van der Waals surface area contributed by atoms with E-state index in [9.17, 15) is 9.59 Å². The fourth-order valence-electron chi connectivity index (χ4n) is 5.33. The number of piperidine rings is 1. The van der Waals surface area contributed by atoms with Gasteiger partial charge in [0.05, 0.1) is 6.54 Å². The first-order valence-corrected chi connectivity index (χ1v) is 10.00. The summed E-state index contributed by atoms with van der Waals surface area (Å²) in [6.07, 6.45) is 4.76. The second-order valence-corrected chi connectivity index (χ2v) is 7.98. The standard InChI is InChI=1S/C20H28N4O4/c1-27-20(14-5-6-22-17(11-14)18(21)25)15-3-2-4-16(20)13-23(12-15)7-8-24-9-10-28-19(24)26/h5-6,11,15-16H,2-4,7-10,12-13H2,1H3,(H2,21,25). The molecule has 2 bridgehead atoms. The van der Waals surface area contributed by atoms with Gasteiger partial charge in [-0.1, -0.05) is 6.42 Å². The highest BCUT2D eigenvalue weighted by atomic mass is 16.6. The largest absolute Gasteiger partial charge is 0.448 e. The van der Waals surface area contributed by atoms with Gasteiger partial charge in [-0.15, -0.1) is 0 Å². The number of methoxy groups -OCH3 is 1. The summed E-state index contributed by atoms with van der Waals surface area (Å²) in [5.41, 5.74) is 6.31. The molecule has 4 rings (SSSR count). The van der Waals surface area contributed by atoms with Crippen LogP contribution in [-0.4, -0.2) is 73.2 Å². The number of ether oxygens (including phenoxy) is 2. The van der Waals surface area contributed by atoms with Crippen molar-refractivity contribution in [3.8, 4) is 0 Å². The van der Waals surface area contributed by atoms with Crippen molar-refractivity contribution in [2.24, 2.45) is 17.6 Å². The molecule has 0 radical (unpaired) electrons. The van der Waals surface area contributed by atoms with Gasteiger partial charge in [-0.25, -0.2) is 4.79 Å². The van der Waals surface area contributed by atoms with Crippen LogP contribution in [0.2, 0.25) is 0 Å². The number of primary amides is 1. The fraction of sp³-hybridized carbons (Fsp3) is 0.650. The Bertz CT molecular complexity index is 741. The Morgan fingerprint density at radius 2 is 2.11 bits per heavy atom. The molecule has 0 aromatic carbocycles. The van der Waals surface area contributed by atoms with E-state index in [1.54, 1.807) is 24.3 Å². The van der Waals surface area contributed by atoms with Crippen molar-refractivity contribution in [1.29, 1.82) is 0 Å². The van der Waals surface area contributed by atoms with Crippen LogP contribution in [0.15, 0.2) is 18.3 Å². The molecule has 3 fully saturated rings. The maximum absolute atomic E-state index is 11.7. The molecule has 2 aliphatic heterocycles. The zero-order valence-electron chi connectivity index (χ0n) is 16.3. The normalized spacial score (nSPS) is 30.3. The molecule has 2 N–H and O–H groups in total. The van der Waals surface area contributed by atoms with E-state index < -0.39 is 11.5 Å². The molecule has 28 heavy (non-hydrogen) atoms. The number of hydrogen-bond donors (Lipinski definition) is 1. The summed E-state index contributed by atoms with van der Waals surface area (Å²) in [7, 11) is 1.77. The Hall–Kier alpha value is -2.19. The van der Waals surface area contributed by atoms with Crippen LogP contribution in [-0.2, 0) is 15.1 Å². The minimum Gasteiger partial charge on any atom is -0.448 e. The minimum atomic E-state index is -0.520. The van der Waals surface area contributed by atoms with E-state index in [1.807, 2.05) is 6.07 Å². The molecule has 2 atom stereocenters. The Morgan fingerprint density at radius 3 is 2.71 bits per heavy atom. The van der Waals surface area contributed by atoms with E-state index in [0.29, 0.717) is 31.5 Å². The molecule has 1 saturated carbocycles. The number of nitrogens with zero attached hydrogens (tertiary/aromatic N) is 3. The van der Waals surface area contributed by atoms with Gasteiger partial charge >= 0.3 is 6.09 Å². The number of amides is 2. The zero-order valence-corrected chi connectivity index (χ0v) is 16.3. The van der Waals surface area contributed by atoms with E-state index in [2.05, 4.69) is 9.88 Å². The van der Waals surface area contributed by atoms with Crippen LogP contribution >= 0.6 is 0 Å². The number of fused-ring (bicyclic) bond motifs is 2. The molecular formula is C20H28N4O4. The zero-order chi connectivity index (χ0) is 19.7. The third kappa shape index (κ3) is 3.24. The number of hydrogen-bond acceptors (Lipinski definition) is 6. The number of cyclic esters (lactones) is 1. The Morgan fingerprint density at radius 1 is 1.36 bits per heavy atom. The van der Waals surface area contributed by atoms with Crippen LogP contribution in [0, 0.1) is 11.8 Å². The SMILES string of the molecule is COC1(c2ccnc(C(N)=O)c2)C2CCCC1CN(CCN1CCOC1=O)C2. The highest BCUT2D eigenvalue weighted by Gasteiger charge is 2.53. The van der Waals surface area contributed by atoms with Crippen molar-refractivity contribution >= 4 is 12.0 Å². The number of aromatic nitrogens is 1. The lowest BCUT2D eigenvalue weighted by atomic mass is 9.62. The highest BCUT2D eigenvalue weighted by Crippen LogP contribution is 2.51. The first kappa shape index (κ1) is 19.1. The molecule has 8 nitrogen and oxygen atoms in total. The summed E-state index contributed by atoms with van der Waals surface area (Å²) in [6.45, 7) is 4.50. The lowest BCUT2D eigenvalue weighted by molar-refractivity contribution is -0.169. The predicted molar refractivity (Wildman–Crippen MR) is 102 cm³/mol. The summed E-state index contributed by atoms with van der Waals surface area (Å²) in [4.78, 5) is 31.6. The molecule has 1 aliphatic carbocycles. The number of carbonyl (C=O) groups excluding carboxylic acids is 2. The first-order valence-electron chi connectivity index (χ1n) is 10.00. The van der Waals surface area contributed by atoms with Gasteiger partial charge in [0.15, 0.2) is 0 Å². The van der Waals surface area contributed by atoms with Crippen molar-refractivity contribution in [3.05, 3.63) is 29.6 Å². The van der Waals surface area contributed by atoms with E-state index >= 15 is 0 Å². The first-order chi connectivity index (χ1) is 13.5. The molecule has 1 aromatic rings. The molecule has 2 amide bonds. The lowest BCUT2D eigenvalue weighted by Gasteiger charge is -2.55. The topological polar surface area (TPSA) is 98.0 Å². The minimum absolute atomic E-state index is 0.209. The number of nitrogens with two attached hydrogens (primary N) is 1. The van der Waals surface area contributed by atoms with Crippen molar-refractivity contribution in [2.45, 2.75) is 24.9 Å². The summed E-state index contributed by atoms with van der Waals surface area (Å²) < 4.78 is 11.2. The van der Waals surface area contributed by atoms with E-state index in [-0.39, 0.29) is 11.8 Å². The smallest absolute Gasteiger partial charge is 0.409 e. The second kappa shape index (κ2) is 7.67. The van der Waals surface area contributed by atoms with Crippen LogP contribution in [0.3, 0.4) is 0 Å². The molecule has 2 saturated heterocycles. The fourth-order valence-corrected chi connectivity index (χ4v) is 5.33.